The number of methoxy groups -OCH3 is 1. The summed E-state index contributed by atoms with van der Waals surface area (Å²) in [5, 5.41) is 10.9. The van der Waals surface area contributed by atoms with Crippen molar-refractivity contribution in [1.82, 2.24) is 9.47 Å². The molecule has 3 aliphatic rings. The topological polar surface area (TPSA) is 57.9 Å². The van der Waals surface area contributed by atoms with E-state index in [9.17, 15) is 14.3 Å². The van der Waals surface area contributed by atoms with Gasteiger partial charge in [-0.25, -0.2) is 9.18 Å². The van der Waals surface area contributed by atoms with E-state index < -0.39 is 5.97 Å². The van der Waals surface area contributed by atoms with Crippen LogP contribution in [0.5, 0.6) is 0 Å². The van der Waals surface area contributed by atoms with Crippen molar-refractivity contribution >= 4 is 22.6 Å². The van der Waals surface area contributed by atoms with Crippen LogP contribution in [-0.4, -0.2) is 67.0 Å². The number of carboxylic acid groups (broad SMARTS) is 1. The van der Waals surface area contributed by atoms with Gasteiger partial charge in [-0.2, -0.15) is 0 Å². The highest BCUT2D eigenvalue weighted by Crippen LogP contribution is 2.47. The number of benzene rings is 2. The lowest BCUT2D eigenvalue weighted by Gasteiger charge is -2.35. The summed E-state index contributed by atoms with van der Waals surface area (Å²) in [4.78, 5) is 16.9. The highest BCUT2D eigenvalue weighted by molar-refractivity contribution is 5.99. The molecule has 1 aliphatic carbocycles. The zero-order chi connectivity index (χ0) is 27.6. The van der Waals surface area contributed by atoms with E-state index in [2.05, 4.69) is 14.4 Å². The van der Waals surface area contributed by atoms with Crippen molar-refractivity contribution < 1.29 is 19.0 Å². The van der Waals surface area contributed by atoms with Crippen LogP contribution >= 0.6 is 0 Å². The van der Waals surface area contributed by atoms with Crippen molar-refractivity contribution in [2.45, 2.75) is 63.8 Å². The number of halogens is 1. The summed E-state index contributed by atoms with van der Waals surface area (Å²) in [6.07, 6.45) is 9.58. The third kappa shape index (κ3) is 5.38. The number of carbonyl (C=O) groups is 1. The van der Waals surface area contributed by atoms with Gasteiger partial charge in [0.15, 0.2) is 0 Å². The van der Waals surface area contributed by atoms with E-state index in [0.717, 1.165) is 87.3 Å². The molecule has 1 N–H and O–H groups in total. The highest BCUT2D eigenvalue weighted by Gasteiger charge is 2.31. The van der Waals surface area contributed by atoms with Gasteiger partial charge in [0.2, 0.25) is 0 Å². The van der Waals surface area contributed by atoms with Gasteiger partial charge in [-0.1, -0.05) is 25.3 Å². The molecule has 6 nitrogen and oxygen atoms in total. The van der Waals surface area contributed by atoms with Crippen LogP contribution in [0.25, 0.3) is 22.2 Å². The summed E-state index contributed by atoms with van der Waals surface area (Å²) in [6.45, 7) is 6.33. The van der Waals surface area contributed by atoms with E-state index in [1.54, 1.807) is 25.3 Å². The Balaban J connectivity index is 1.37. The summed E-state index contributed by atoms with van der Waals surface area (Å²) in [7, 11) is 1.78. The molecular weight excluding hydrogens is 505 g/mol. The van der Waals surface area contributed by atoms with E-state index in [-0.39, 0.29) is 5.82 Å². The number of fused-ring (bicyclic) bond motifs is 5. The number of aromatic nitrogens is 1. The van der Waals surface area contributed by atoms with Crippen LogP contribution in [0.1, 0.15) is 73.2 Å². The molecule has 1 aromatic heterocycles. The molecule has 7 heteroatoms. The first kappa shape index (κ1) is 27.3. The molecule has 2 aliphatic heterocycles. The fourth-order valence-corrected chi connectivity index (χ4v) is 7.51. The molecule has 0 unspecified atom stereocenters. The molecule has 1 atom stereocenters. The highest BCUT2D eigenvalue weighted by atomic mass is 19.1. The largest absolute Gasteiger partial charge is 0.478 e. The van der Waals surface area contributed by atoms with Crippen LogP contribution in [0.4, 0.5) is 10.1 Å². The smallest absolute Gasteiger partial charge is 0.335 e. The van der Waals surface area contributed by atoms with Crippen LogP contribution in [0.15, 0.2) is 36.4 Å². The summed E-state index contributed by atoms with van der Waals surface area (Å²) in [5.74, 6) is -0.000740. The Kier molecular flexibility index (Phi) is 8.12. The van der Waals surface area contributed by atoms with Crippen LogP contribution < -0.4 is 4.90 Å². The summed E-state index contributed by atoms with van der Waals surface area (Å²) < 4.78 is 22.5. The summed E-state index contributed by atoms with van der Waals surface area (Å²) >= 11 is 0. The minimum Gasteiger partial charge on any atom is -0.478 e. The van der Waals surface area contributed by atoms with Gasteiger partial charge in [0.1, 0.15) is 5.82 Å². The molecule has 1 saturated carbocycles. The standard InChI is InChI=1S/C33H42FN3O3/c1-40-19-13-23-6-5-14-35(22-23)15-16-36-17-18-37-30-20-25(33(38)39)9-11-27(30)31(24-7-3-2-4-8-24)32(37)28-12-10-26(34)21-29(28)36/h9-12,20-21,23-24H,2-8,13-19,22H2,1H3,(H,38,39)/t23-/m0/s1. The van der Waals surface area contributed by atoms with Crippen molar-refractivity contribution in [3.8, 4) is 11.3 Å². The van der Waals surface area contributed by atoms with E-state index in [1.807, 2.05) is 18.2 Å². The normalized spacial score (nSPS) is 20.4. The molecule has 0 bridgehead atoms. The number of likely N-dealkylation sites (tertiary alicyclic amines) is 1. The number of hydrogen-bond donors (Lipinski definition) is 1. The van der Waals surface area contributed by atoms with Crippen LogP contribution in [0.3, 0.4) is 0 Å². The number of ether oxygens (including phenoxy) is 1. The van der Waals surface area contributed by atoms with E-state index in [4.69, 9.17) is 4.74 Å². The van der Waals surface area contributed by atoms with Gasteiger partial charge >= 0.3 is 5.97 Å². The Hall–Kier alpha value is -2.90. The fourth-order valence-electron chi connectivity index (χ4n) is 7.51. The van der Waals surface area contributed by atoms with Gasteiger partial charge < -0.3 is 24.2 Å². The maximum absolute atomic E-state index is 14.8. The van der Waals surface area contributed by atoms with Crippen molar-refractivity contribution in [1.29, 1.82) is 0 Å². The van der Waals surface area contributed by atoms with Crippen molar-refractivity contribution in [3.63, 3.8) is 0 Å². The molecule has 6 rings (SSSR count). The second-order valence-electron chi connectivity index (χ2n) is 12.0. The van der Waals surface area contributed by atoms with Gasteiger partial charge in [0.25, 0.3) is 0 Å². The predicted molar refractivity (Wildman–Crippen MR) is 158 cm³/mol. The Labute approximate surface area is 236 Å². The van der Waals surface area contributed by atoms with Gasteiger partial charge in [-0.05, 0) is 86.4 Å². The van der Waals surface area contributed by atoms with Gasteiger partial charge in [-0.15, -0.1) is 0 Å². The lowest BCUT2D eigenvalue weighted by atomic mass is 9.81. The average molecular weight is 548 g/mol. The third-order valence-electron chi connectivity index (χ3n) is 9.53. The molecule has 3 heterocycles. The lowest BCUT2D eigenvalue weighted by Crippen LogP contribution is -2.41. The third-order valence-corrected chi connectivity index (χ3v) is 9.53. The Morgan fingerprint density at radius 1 is 1.00 bits per heavy atom. The Bertz CT molecular complexity index is 1360. The number of carboxylic acids is 1. The molecule has 0 amide bonds. The second kappa shape index (κ2) is 11.9. The maximum Gasteiger partial charge on any atom is 0.335 e. The summed E-state index contributed by atoms with van der Waals surface area (Å²) in [5.41, 5.74) is 5.84. The minimum absolute atomic E-state index is 0.210. The summed E-state index contributed by atoms with van der Waals surface area (Å²) in [6, 6.07) is 10.9. The number of nitrogens with zero attached hydrogens (tertiary/aromatic N) is 3. The molecule has 214 valence electrons. The van der Waals surface area contributed by atoms with Crippen molar-refractivity contribution in [2.24, 2.45) is 5.92 Å². The number of aromatic carboxylic acids is 1. The molecule has 40 heavy (non-hydrogen) atoms. The molecule has 0 radical (unpaired) electrons. The monoisotopic (exact) mass is 547 g/mol. The minimum atomic E-state index is -0.903. The first-order valence-corrected chi connectivity index (χ1v) is 15.2. The van der Waals surface area contributed by atoms with Gasteiger partial charge in [0, 0.05) is 68.6 Å². The van der Waals surface area contributed by atoms with E-state index >= 15 is 0 Å². The Morgan fingerprint density at radius 2 is 1.85 bits per heavy atom. The zero-order valence-corrected chi connectivity index (χ0v) is 23.7. The van der Waals surface area contributed by atoms with Crippen molar-refractivity contribution in [2.75, 3.05) is 51.3 Å². The van der Waals surface area contributed by atoms with Crippen LogP contribution in [-0.2, 0) is 11.3 Å². The van der Waals surface area contributed by atoms with E-state index in [0.29, 0.717) is 17.4 Å². The van der Waals surface area contributed by atoms with Crippen LogP contribution in [0, 0.1) is 11.7 Å². The van der Waals surface area contributed by atoms with Crippen molar-refractivity contribution in [3.05, 3.63) is 53.3 Å². The fraction of sp³-hybridized carbons (Fsp3) is 0.545. The van der Waals surface area contributed by atoms with Crippen LogP contribution in [0.2, 0.25) is 0 Å². The molecular formula is C33H42FN3O3. The zero-order valence-electron chi connectivity index (χ0n) is 23.7. The van der Waals surface area contributed by atoms with Gasteiger partial charge in [0.05, 0.1) is 11.3 Å². The SMILES string of the molecule is COCC[C@@H]1CCCN(CCN2CCn3c(c(C4CCCCC4)c4ccc(C(=O)O)cc43)-c3ccc(F)cc32)C1. The molecule has 2 aromatic carbocycles. The average Bonchev–Trinajstić information content (AvgIpc) is 3.21. The Morgan fingerprint density at radius 3 is 2.65 bits per heavy atom. The molecule has 1 saturated heterocycles. The molecule has 2 fully saturated rings. The number of anilines is 1. The first-order valence-electron chi connectivity index (χ1n) is 15.2. The number of piperidine rings is 1. The van der Waals surface area contributed by atoms with E-state index in [1.165, 1.54) is 43.4 Å². The molecule has 3 aromatic rings. The predicted octanol–water partition coefficient (Wildman–Crippen LogP) is 6.76. The quantitative estimate of drug-likeness (QED) is 0.338. The number of rotatable bonds is 8. The maximum atomic E-state index is 14.8. The molecule has 0 spiro atoms. The second-order valence-corrected chi connectivity index (χ2v) is 12.0. The van der Waals surface area contributed by atoms with Gasteiger partial charge in [-0.3, -0.25) is 0 Å². The lowest BCUT2D eigenvalue weighted by molar-refractivity contribution is 0.0697. The first-order chi connectivity index (χ1) is 19.5. The number of hydrogen-bond acceptors (Lipinski definition) is 4.